The normalized spacial score (nSPS) is 24.3. The maximum Gasteiger partial charge on any atom is 0.256 e. The van der Waals surface area contributed by atoms with Gasteiger partial charge in [-0.05, 0) is 74.8 Å². The fraction of sp³-hybridized carbons (Fsp3) is 0.889. The summed E-state index contributed by atoms with van der Waals surface area (Å²) in [6.07, 6.45) is 5.07. The molecular formula is C18H32N2O6S4. The molecule has 0 amide bonds. The van der Waals surface area contributed by atoms with Crippen LogP contribution >= 0.6 is 24.4 Å². The molecule has 0 aromatic rings. The molecule has 12 heteroatoms. The van der Waals surface area contributed by atoms with Crippen molar-refractivity contribution in [2.24, 2.45) is 11.8 Å². The third-order valence-corrected chi connectivity index (χ3v) is 9.43. The number of unbranched alkanes of at least 4 members (excludes halogenated alkanes) is 3. The molecule has 2 N–H and O–H groups in total. The van der Waals surface area contributed by atoms with Gasteiger partial charge in [-0.3, -0.25) is 0 Å². The molecule has 2 heterocycles. The molecule has 8 nitrogen and oxygen atoms in total. The van der Waals surface area contributed by atoms with E-state index in [1.54, 1.807) is 0 Å². The highest BCUT2D eigenvalue weighted by Gasteiger charge is 2.28. The summed E-state index contributed by atoms with van der Waals surface area (Å²) in [6, 6.07) is 0. The Morgan fingerprint density at radius 3 is 1.47 bits per heavy atom. The van der Waals surface area contributed by atoms with Crippen LogP contribution in [-0.2, 0) is 29.1 Å². The van der Waals surface area contributed by atoms with E-state index in [1.165, 1.54) is 0 Å². The van der Waals surface area contributed by atoms with Crippen LogP contribution in [0.15, 0.2) is 0 Å². The molecule has 0 aromatic carbocycles. The number of sulfone groups is 2. The number of hydrogen-bond donors (Lipinski definition) is 2. The number of rotatable bonds is 11. The van der Waals surface area contributed by atoms with E-state index in [1.807, 2.05) is 0 Å². The first-order valence-electron chi connectivity index (χ1n) is 10.4. The van der Waals surface area contributed by atoms with Gasteiger partial charge in [0.05, 0.1) is 36.2 Å². The van der Waals surface area contributed by atoms with Gasteiger partial charge in [0.25, 0.3) is 10.3 Å². The Bertz CT molecular complexity index is 718. The summed E-state index contributed by atoms with van der Waals surface area (Å²) in [4.78, 5) is 0. The second kappa shape index (κ2) is 12.4. The summed E-state index contributed by atoms with van der Waals surface area (Å²) in [7, 11) is -5.72. The van der Waals surface area contributed by atoms with Gasteiger partial charge in [0, 0.05) is 13.1 Å². The van der Waals surface area contributed by atoms with Crippen molar-refractivity contribution in [2.45, 2.75) is 38.5 Å². The van der Waals surface area contributed by atoms with Crippen molar-refractivity contribution >= 4 is 54.5 Å². The number of nitrogens with one attached hydrogen (secondary N) is 2. The molecule has 2 rings (SSSR count). The molecule has 2 aliphatic rings. The van der Waals surface area contributed by atoms with Crippen LogP contribution in [0.1, 0.15) is 38.5 Å². The van der Waals surface area contributed by atoms with Crippen molar-refractivity contribution in [3.63, 3.8) is 0 Å². The van der Waals surface area contributed by atoms with Gasteiger partial charge in [0.2, 0.25) is 0 Å². The second-order valence-electron chi connectivity index (χ2n) is 7.99. The number of hydrogen-bond acceptors (Lipinski definition) is 8. The van der Waals surface area contributed by atoms with Gasteiger partial charge in [0.15, 0.2) is 19.7 Å². The Hall–Kier alpha value is -0.720. The predicted octanol–water partition coefficient (Wildman–Crippen LogP) is 1.20. The van der Waals surface area contributed by atoms with Gasteiger partial charge in [-0.15, -0.1) is 0 Å². The van der Waals surface area contributed by atoms with Gasteiger partial charge < -0.3 is 20.1 Å². The van der Waals surface area contributed by atoms with Gasteiger partial charge in [-0.25, -0.2) is 16.8 Å². The van der Waals surface area contributed by atoms with Gasteiger partial charge in [-0.2, -0.15) is 0 Å². The van der Waals surface area contributed by atoms with Crippen LogP contribution in [0.4, 0.5) is 0 Å². The molecule has 0 radical (unpaired) electrons. The topological polar surface area (TPSA) is 111 Å². The molecule has 30 heavy (non-hydrogen) atoms. The van der Waals surface area contributed by atoms with Crippen molar-refractivity contribution in [2.75, 3.05) is 49.3 Å². The van der Waals surface area contributed by atoms with Crippen LogP contribution in [0.25, 0.3) is 0 Å². The summed E-state index contributed by atoms with van der Waals surface area (Å²) in [6.45, 7) is 2.14. The molecule has 0 aromatic heterocycles. The standard InChI is InChI=1S/C18H32N2O6S4/c21-29(22)9-5-15(13-29)11-19-17(27)25-7-3-1-2-4-8-26-18(28)20-12-16-6-10-30(23,24)14-16/h15-16H,1-14H2,(H,19,27)(H,20,28). The van der Waals surface area contributed by atoms with E-state index in [0.717, 1.165) is 25.7 Å². The van der Waals surface area contributed by atoms with Crippen LogP contribution in [0.3, 0.4) is 0 Å². The Kier molecular flexibility index (Phi) is 10.5. The molecule has 2 aliphatic heterocycles. The first kappa shape index (κ1) is 25.5. The number of thiocarbonyl (C=S) groups is 2. The summed E-state index contributed by atoms with van der Waals surface area (Å²) in [5.74, 6) is 1.22. The molecule has 2 saturated heterocycles. The average Bonchev–Trinajstić information content (AvgIpc) is 3.21. The molecule has 174 valence electrons. The van der Waals surface area contributed by atoms with Crippen molar-refractivity contribution < 1.29 is 26.3 Å². The van der Waals surface area contributed by atoms with Crippen molar-refractivity contribution in [1.82, 2.24) is 10.6 Å². The van der Waals surface area contributed by atoms with E-state index in [0.29, 0.717) is 49.5 Å². The van der Waals surface area contributed by atoms with Crippen molar-refractivity contribution in [1.29, 1.82) is 0 Å². The van der Waals surface area contributed by atoms with E-state index < -0.39 is 19.7 Å². The maximum atomic E-state index is 11.4. The third-order valence-electron chi connectivity index (χ3n) is 5.23. The molecular weight excluding hydrogens is 468 g/mol. The summed E-state index contributed by atoms with van der Waals surface area (Å²) in [5, 5.41) is 6.64. The zero-order valence-corrected chi connectivity index (χ0v) is 20.4. The second-order valence-corrected chi connectivity index (χ2v) is 13.2. The first-order valence-corrected chi connectivity index (χ1v) is 14.8. The fourth-order valence-electron chi connectivity index (χ4n) is 3.51. The summed E-state index contributed by atoms with van der Waals surface area (Å²) < 4.78 is 56.6. The number of ether oxygens (including phenoxy) is 2. The summed E-state index contributed by atoms with van der Waals surface area (Å²) in [5.41, 5.74) is 0. The Balaban J connectivity index is 1.37. The molecule has 0 spiro atoms. The maximum absolute atomic E-state index is 11.4. The Morgan fingerprint density at radius 1 is 0.733 bits per heavy atom. The molecule has 0 saturated carbocycles. The van der Waals surface area contributed by atoms with Gasteiger partial charge >= 0.3 is 0 Å². The van der Waals surface area contributed by atoms with E-state index in [2.05, 4.69) is 10.6 Å². The van der Waals surface area contributed by atoms with Gasteiger partial charge in [-0.1, -0.05) is 0 Å². The SMILES string of the molecule is O=S1(=O)CCC(CNC(=S)OCCCCCCOC(=S)NCC2CCS(=O)(=O)C2)C1. The predicted molar refractivity (Wildman–Crippen MR) is 125 cm³/mol. The lowest BCUT2D eigenvalue weighted by Crippen LogP contribution is -2.30. The molecule has 2 fully saturated rings. The Morgan fingerprint density at radius 2 is 1.13 bits per heavy atom. The van der Waals surface area contributed by atoms with Gasteiger partial charge in [0.1, 0.15) is 0 Å². The Labute approximate surface area is 190 Å². The minimum Gasteiger partial charge on any atom is -0.471 e. The molecule has 2 unspecified atom stereocenters. The lowest BCUT2D eigenvalue weighted by molar-refractivity contribution is 0.269. The van der Waals surface area contributed by atoms with Crippen LogP contribution in [-0.4, -0.2) is 76.5 Å². The average molecular weight is 501 g/mol. The third kappa shape index (κ3) is 10.5. The minimum absolute atomic E-state index is 0.114. The minimum atomic E-state index is -2.86. The zero-order valence-electron chi connectivity index (χ0n) is 17.1. The fourth-order valence-corrected chi connectivity index (χ4v) is 7.57. The van der Waals surface area contributed by atoms with Crippen molar-refractivity contribution in [3.05, 3.63) is 0 Å². The van der Waals surface area contributed by atoms with Crippen molar-refractivity contribution in [3.8, 4) is 0 Å². The van der Waals surface area contributed by atoms with Crippen LogP contribution in [0, 0.1) is 11.8 Å². The van der Waals surface area contributed by atoms with E-state index in [-0.39, 0.29) is 34.8 Å². The summed E-state index contributed by atoms with van der Waals surface area (Å²) >= 11 is 10.2. The lowest BCUT2D eigenvalue weighted by atomic mass is 10.1. The largest absolute Gasteiger partial charge is 0.471 e. The highest BCUT2D eigenvalue weighted by molar-refractivity contribution is 7.91. The highest BCUT2D eigenvalue weighted by atomic mass is 32.2. The highest BCUT2D eigenvalue weighted by Crippen LogP contribution is 2.18. The lowest BCUT2D eigenvalue weighted by Gasteiger charge is -2.13. The van der Waals surface area contributed by atoms with E-state index >= 15 is 0 Å². The molecule has 2 atom stereocenters. The van der Waals surface area contributed by atoms with Crippen LogP contribution in [0.2, 0.25) is 0 Å². The van der Waals surface area contributed by atoms with Crippen LogP contribution < -0.4 is 10.6 Å². The molecule has 0 bridgehead atoms. The molecule has 0 aliphatic carbocycles. The quantitative estimate of drug-likeness (QED) is 0.317. The first-order chi connectivity index (χ1) is 14.2. The monoisotopic (exact) mass is 500 g/mol. The van der Waals surface area contributed by atoms with E-state index in [9.17, 15) is 16.8 Å². The van der Waals surface area contributed by atoms with Crippen LogP contribution in [0.5, 0.6) is 0 Å². The smallest absolute Gasteiger partial charge is 0.256 e. The van der Waals surface area contributed by atoms with E-state index in [4.69, 9.17) is 33.9 Å². The zero-order chi connectivity index (χ0) is 22.0.